The number of amides is 1. The molecule has 4 heterocycles. The van der Waals surface area contributed by atoms with Gasteiger partial charge in [0.25, 0.3) is 0 Å². The predicted molar refractivity (Wildman–Crippen MR) is 142 cm³/mol. The van der Waals surface area contributed by atoms with Crippen molar-refractivity contribution < 1.29 is 13.9 Å². The molecule has 0 aliphatic carbocycles. The van der Waals surface area contributed by atoms with E-state index in [1.54, 1.807) is 18.3 Å². The SMILES string of the molecule is C=CC(=O)Nc1ccc(-c2c3c4c(ncnc4n2C)NCc2cc(Oc4nccc(C)n4)c(F)cc2-3)cc1. The molecule has 2 aromatic carbocycles. The fourth-order valence-electron chi connectivity index (χ4n) is 4.70. The van der Waals surface area contributed by atoms with Gasteiger partial charge in [0.1, 0.15) is 17.8 Å². The summed E-state index contributed by atoms with van der Waals surface area (Å²) in [4.78, 5) is 29.0. The van der Waals surface area contributed by atoms with Gasteiger partial charge in [-0.1, -0.05) is 18.7 Å². The second-order valence-corrected chi connectivity index (χ2v) is 8.85. The van der Waals surface area contributed by atoms with Crippen molar-refractivity contribution in [2.24, 2.45) is 7.05 Å². The minimum atomic E-state index is -0.542. The first-order valence-corrected chi connectivity index (χ1v) is 11.8. The Bertz CT molecular complexity index is 1750. The number of ether oxygens (including phenoxy) is 1. The zero-order chi connectivity index (χ0) is 26.4. The molecule has 6 rings (SSSR count). The highest BCUT2D eigenvalue weighted by atomic mass is 19.1. The lowest BCUT2D eigenvalue weighted by Gasteiger charge is -2.14. The van der Waals surface area contributed by atoms with E-state index in [-0.39, 0.29) is 17.7 Å². The molecular weight excluding hydrogens is 485 g/mol. The monoisotopic (exact) mass is 507 g/mol. The maximum absolute atomic E-state index is 15.5. The number of rotatable bonds is 5. The zero-order valence-electron chi connectivity index (χ0n) is 20.6. The molecule has 0 radical (unpaired) electrons. The van der Waals surface area contributed by atoms with Gasteiger partial charge in [0.15, 0.2) is 11.6 Å². The van der Waals surface area contributed by atoms with E-state index in [9.17, 15) is 4.79 Å². The lowest BCUT2D eigenvalue weighted by Crippen LogP contribution is -2.07. The number of hydrogen-bond acceptors (Lipinski definition) is 7. The van der Waals surface area contributed by atoms with E-state index >= 15 is 4.39 Å². The fraction of sp³-hybridized carbons (Fsp3) is 0.107. The Morgan fingerprint density at radius 1 is 1.18 bits per heavy atom. The molecule has 1 aliphatic heterocycles. The molecule has 10 heteroatoms. The van der Waals surface area contributed by atoms with Crippen LogP contribution in [-0.2, 0) is 18.4 Å². The highest BCUT2D eigenvalue weighted by molar-refractivity contribution is 6.09. The standard InChI is InChI=1S/C28H22FN7O2/c1-4-22(37)35-18-7-5-16(6-8-18)25-23-19-12-20(29)21(38-28-30-10-9-15(2)34-28)11-17(19)13-31-26-24(23)27(36(25)3)33-14-32-26/h4-12,14H,1,13H2,2-3H3,(H,35,37)(H,31,32,33). The summed E-state index contributed by atoms with van der Waals surface area (Å²) in [5.41, 5.74) is 6.08. The van der Waals surface area contributed by atoms with Crippen LogP contribution in [0.4, 0.5) is 15.9 Å². The lowest BCUT2D eigenvalue weighted by molar-refractivity contribution is -0.111. The van der Waals surface area contributed by atoms with Crippen LogP contribution in [0.1, 0.15) is 11.3 Å². The molecule has 0 spiro atoms. The van der Waals surface area contributed by atoms with E-state index in [0.29, 0.717) is 35.0 Å². The summed E-state index contributed by atoms with van der Waals surface area (Å²) < 4.78 is 23.2. The van der Waals surface area contributed by atoms with Crippen LogP contribution in [0.3, 0.4) is 0 Å². The topological polar surface area (TPSA) is 107 Å². The van der Waals surface area contributed by atoms with E-state index < -0.39 is 5.82 Å². The average molecular weight is 508 g/mol. The van der Waals surface area contributed by atoms with Crippen LogP contribution >= 0.6 is 0 Å². The van der Waals surface area contributed by atoms with Gasteiger partial charge in [0.2, 0.25) is 5.91 Å². The molecule has 0 atom stereocenters. The molecule has 0 unspecified atom stereocenters. The van der Waals surface area contributed by atoms with Gasteiger partial charge in [0.05, 0.1) is 11.1 Å². The molecule has 0 saturated carbocycles. The largest absolute Gasteiger partial charge is 0.421 e. The van der Waals surface area contributed by atoms with Crippen molar-refractivity contribution in [1.29, 1.82) is 0 Å². The predicted octanol–water partition coefficient (Wildman–Crippen LogP) is 5.38. The zero-order valence-corrected chi connectivity index (χ0v) is 20.6. The number of hydrogen-bond donors (Lipinski definition) is 2. The van der Waals surface area contributed by atoms with Gasteiger partial charge in [-0.05, 0) is 60.0 Å². The summed E-state index contributed by atoms with van der Waals surface area (Å²) in [5.74, 6) is -0.148. The average Bonchev–Trinajstić information content (AvgIpc) is 3.12. The first-order chi connectivity index (χ1) is 18.4. The molecule has 0 fully saturated rings. The number of halogens is 1. The molecular formula is C28H22FN7O2. The number of aryl methyl sites for hydroxylation is 2. The van der Waals surface area contributed by atoms with E-state index in [0.717, 1.165) is 27.8 Å². The fourth-order valence-corrected chi connectivity index (χ4v) is 4.70. The second-order valence-electron chi connectivity index (χ2n) is 8.85. The third-order valence-corrected chi connectivity index (χ3v) is 6.43. The molecule has 2 N–H and O–H groups in total. The van der Waals surface area contributed by atoms with Crippen LogP contribution in [0.25, 0.3) is 33.4 Å². The van der Waals surface area contributed by atoms with Gasteiger partial charge in [-0.15, -0.1) is 0 Å². The van der Waals surface area contributed by atoms with Crippen LogP contribution in [0, 0.1) is 12.7 Å². The summed E-state index contributed by atoms with van der Waals surface area (Å²) in [7, 11) is 1.91. The highest BCUT2D eigenvalue weighted by Gasteiger charge is 2.28. The Morgan fingerprint density at radius 3 is 2.76 bits per heavy atom. The third-order valence-electron chi connectivity index (χ3n) is 6.43. The van der Waals surface area contributed by atoms with Crippen molar-refractivity contribution in [3.05, 3.63) is 84.7 Å². The summed E-state index contributed by atoms with van der Waals surface area (Å²) in [6.45, 7) is 5.70. The Labute approximate surface area is 217 Å². The van der Waals surface area contributed by atoms with Crippen LogP contribution in [0.15, 0.2) is 67.6 Å². The van der Waals surface area contributed by atoms with Crippen molar-refractivity contribution in [3.63, 3.8) is 0 Å². The number of nitrogens with zero attached hydrogens (tertiary/aromatic N) is 5. The van der Waals surface area contributed by atoms with E-state index in [2.05, 4.69) is 37.1 Å². The van der Waals surface area contributed by atoms with Crippen LogP contribution in [0.2, 0.25) is 0 Å². The second kappa shape index (κ2) is 9.07. The number of fused-ring (bicyclic) bond motifs is 2. The lowest BCUT2D eigenvalue weighted by atomic mass is 9.95. The number of anilines is 2. The van der Waals surface area contributed by atoms with Crippen LogP contribution < -0.4 is 15.4 Å². The minimum Gasteiger partial charge on any atom is -0.421 e. The number of carbonyl (C=O) groups excluding carboxylic acids is 1. The Hall–Kier alpha value is -5.12. The first-order valence-electron chi connectivity index (χ1n) is 11.8. The third kappa shape index (κ3) is 3.92. The quantitative estimate of drug-likeness (QED) is 0.308. The normalized spacial score (nSPS) is 11.9. The first kappa shape index (κ1) is 23.3. The molecule has 188 valence electrons. The summed E-state index contributed by atoms with van der Waals surface area (Å²) in [6.07, 6.45) is 4.29. The van der Waals surface area contributed by atoms with Crippen molar-refractivity contribution in [1.82, 2.24) is 24.5 Å². The maximum atomic E-state index is 15.5. The molecule has 0 saturated heterocycles. The van der Waals surface area contributed by atoms with Gasteiger partial charge in [-0.3, -0.25) is 4.79 Å². The Balaban J connectivity index is 1.51. The van der Waals surface area contributed by atoms with Gasteiger partial charge in [0, 0.05) is 36.7 Å². The van der Waals surface area contributed by atoms with E-state index in [1.165, 1.54) is 18.5 Å². The van der Waals surface area contributed by atoms with E-state index in [4.69, 9.17) is 4.74 Å². The van der Waals surface area contributed by atoms with E-state index in [1.807, 2.05) is 42.8 Å². The van der Waals surface area contributed by atoms with Crippen molar-refractivity contribution in [3.8, 4) is 34.1 Å². The molecule has 0 bridgehead atoms. The molecule has 1 amide bonds. The van der Waals surface area contributed by atoms with Gasteiger partial charge in [-0.2, -0.15) is 0 Å². The smallest absolute Gasteiger partial charge is 0.322 e. The van der Waals surface area contributed by atoms with Crippen molar-refractivity contribution in [2.45, 2.75) is 13.5 Å². The van der Waals surface area contributed by atoms with Crippen molar-refractivity contribution in [2.75, 3.05) is 10.6 Å². The summed E-state index contributed by atoms with van der Waals surface area (Å²) >= 11 is 0. The van der Waals surface area contributed by atoms with Gasteiger partial charge < -0.3 is 19.9 Å². The molecule has 3 aromatic heterocycles. The summed E-state index contributed by atoms with van der Waals surface area (Å²) in [6, 6.07) is 12.4. The highest BCUT2D eigenvalue weighted by Crippen LogP contribution is 2.46. The number of nitrogens with one attached hydrogen (secondary N) is 2. The number of aromatic nitrogens is 5. The Kier molecular flexibility index (Phi) is 5.56. The minimum absolute atomic E-state index is 0.0317. The molecule has 5 aromatic rings. The summed E-state index contributed by atoms with van der Waals surface area (Å²) in [5, 5.41) is 6.91. The maximum Gasteiger partial charge on any atom is 0.322 e. The van der Waals surface area contributed by atoms with Crippen LogP contribution in [0.5, 0.6) is 11.8 Å². The number of benzene rings is 2. The molecule has 1 aliphatic rings. The van der Waals surface area contributed by atoms with Gasteiger partial charge in [-0.25, -0.2) is 24.3 Å². The Morgan fingerprint density at radius 2 is 2.00 bits per heavy atom. The van der Waals surface area contributed by atoms with Gasteiger partial charge >= 0.3 is 6.01 Å². The molecule has 9 nitrogen and oxygen atoms in total. The van der Waals surface area contributed by atoms with Crippen molar-refractivity contribution >= 4 is 28.4 Å². The van der Waals surface area contributed by atoms with Crippen LogP contribution in [-0.4, -0.2) is 30.4 Å². The molecule has 38 heavy (non-hydrogen) atoms. The number of carbonyl (C=O) groups is 1.